The van der Waals surface area contributed by atoms with Crippen LogP contribution in [0, 0.1) is 5.92 Å². The van der Waals surface area contributed by atoms with Crippen LogP contribution in [-0.4, -0.2) is 27.5 Å². The summed E-state index contributed by atoms with van der Waals surface area (Å²) in [5.41, 5.74) is -0.831. The van der Waals surface area contributed by atoms with E-state index in [1.54, 1.807) is 20.8 Å². The Bertz CT molecular complexity index is 219. The molecule has 0 heterocycles. The Morgan fingerprint density at radius 3 is 2.20 bits per heavy atom. The number of nitrogens with one attached hydrogen (secondary N) is 1. The smallest absolute Gasteiger partial charge is 0.236 e. The Morgan fingerprint density at radius 2 is 1.87 bits per heavy atom. The molecule has 0 aromatic carbocycles. The molecule has 0 rings (SSSR count). The van der Waals surface area contributed by atoms with E-state index in [4.69, 9.17) is 0 Å². The first kappa shape index (κ1) is 14.9. The quantitative estimate of drug-likeness (QED) is 0.757. The molecule has 1 amide bonds. The molecule has 3 nitrogen and oxygen atoms in total. The van der Waals surface area contributed by atoms with Crippen LogP contribution in [-0.2, 0) is 4.79 Å². The molecule has 0 fully saturated rings. The van der Waals surface area contributed by atoms with Crippen molar-refractivity contribution >= 4 is 21.8 Å². The standard InChI is InChI=1S/C11H22BrNO2/c1-8(2)6-11(5,15)7-13-9(14)10(3,4)12/h8,15H,6-7H2,1-5H3,(H,13,14). The van der Waals surface area contributed by atoms with Gasteiger partial charge < -0.3 is 10.4 Å². The molecule has 0 bridgehead atoms. The minimum absolute atomic E-state index is 0.105. The maximum atomic E-state index is 11.5. The third-order valence-electron chi connectivity index (χ3n) is 2.02. The first-order valence-corrected chi connectivity index (χ1v) is 6.03. The number of halogens is 1. The van der Waals surface area contributed by atoms with E-state index >= 15 is 0 Å². The van der Waals surface area contributed by atoms with E-state index in [0.29, 0.717) is 18.9 Å². The van der Waals surface area contributed by atoms with Crippen molar-refractivity contribution in [3.8, 4) is 0 Å². The van der Waals surface area contributed by atoms with E-state index in [1.807, 2.05) is 13.8 Å². The normalized spacial score (nSPS) is 16.3. The van der Waals surface area contributed by atoms with Gasteiger partial charge in [-0.2, -0.15) is 0 Å². The molecule has 15 heavy (non-hydrogen) atoms. The zero-order valence-electron chi connectivity index (χ0n) is 10.2. The van der Waals surface area contributed by atoms with Crippen molar-refractivity contribution in [1.82, 2.24) is 5.32 Å². The van der Waals surface area contributed by atoms with Gasteiger partial charge in [0.1, 0.15) is 0 Å². The maximum Gasteiger partial charge on any atom is 0.236 e. The van der Waals surface area contributed by atoms with Crippen LogP contribution in [0.3, 0.4) is 0 Å². The van der Waals surface area contributed by atoms with Crippen LogP contribution in [0.25, 0.3) is 0 Å². The van der Waals surface area contributed by atoms with Crippen molar-refractivity contribution in [2.45, 2.75) is 51.0 Å². The molecule has 0 aromatic heterocycles. The molecule has 0 spiro atoms. The van der Waals surface area contributed by atoms with Crippen LogP contribution in [0.5, 0.6) is 0 Å². The maximum absolute atomic E-state index is 11.5. The Kier molecular flexibility index (Phi) is 5.27. The fraction of sp³-hybridized carbons (Fsp3) is 0.909. The lowest BCUT2D eigenvalue weighted by atomic mass is 9.94. The van der Waals surface area contributed by atoms with E-state index < -0.39 is 9.93 Å². The van der Waals surface area contributed by atoms with Gasteiger partial charge in [-0.3, -0.25) is 4.79 Å². The van der Waals surface area contributed by atoms with E-state index in [1.165, 1.54) is 0 Å². The van der Waals surface area contributed by atoms with Crippen molar-refractivity contribution in [1.29, 1.82) is 0 Å². The largest absolute Gasteiger partial charge is 0.388 e. The third kappa shape index (κ3) is 6.90. The van der Waals surface area contributed by atoms with Gasteiger partial charge in [-0.1, -0.05) is 29.8 Å². The minimum atomic E-state index is -0.831. The Morgan fingerprint density at radius 1 is 1.40 bits per heavy atom. The molecule has 1 unspecified atom stereocenters. The van der Waals surface area contributed by atoms with Crippen LogP contribution in [0.4, 0.5) is 0 Å². The summed E-state index contributed by atoms with van der Waals surface area (Å²) in [6, 6.07) is 0. The van der Waals surface area contributed by atoms with Crippen LogP contribution < -0.4 is 5.32 Å². The van der Waals surface area contributed by atoms with Crippen LogP contribution in [0.15, 0.2) is 0 Å². The second-order valence-electron chi connectivity index (χ2n) is 5.25. The van der Waals surface area contributed by atoms with Crippen molar-refractivity contribution < 1.29 is 9.90 Å². The monoisotopic (exact) mass is 279 g/mol. The SMILES string of the molecule is CC(C)CC(C)(O)CNC(=O)C(C)(C)Br. The number of aliphatic hydroxyl groups is 1. The molecule has 0 aromatic rings. The number of alkyl halides is 1. The van der Waals surface area contributed by atoms with Gasteiger partial charge in [-0.05, 0) is 33.1 Å². The number of hydrogen-bond acceptors (Lipinski definition) is 2. The van der Waals surface area contributed by atoms with E-state index in [0.717, 1.165) is 0 Å². The molecular weight excluding hydrogens is 258 g/mol. The molecule has 0 radical (unpaired) electrons. The fourth-order valence-corrected chi connectivity index (χ4v) is 1.57. The van der Waals surface area contributed by atoms with Crippen LogP contribution in [0.2, 0.25) is 0 Å². The predicted molar refractivity (Wildman–Crippen MR) is 66.1 cm³/mol. The molecule has 90 valence electrons. The van der Waals surface area contributed by atoms with Crippen molar-refractivity contribution in [3.63, 3.8) is 0 Å². The summed E-state index contributed by atoms with van der Waals surface area (Å²) in [4.78, 5) is 11.5. The molecule has 2 N–H and O–H groups in total. The molecule has 0 saturated heterocycles. The zero-order chi connectivity index (χ0) is 12.3. The van der Waals surface area contributed by atoms with Gasteiger partial charge in [0.05, 0.1) is 9.93 Å². The summed E-state index contributed by atoms with van der Waals surface area (Å²) >= 11 is 3.27. The molecule has 0 aliphatic heterocycles. The number of carbonyl (C=O) groups excluding carboxylic acids is 1. The van der Waals surface area contributed by atoms with E-state index in [2.05, 4.69) is 21.2 Å². The molecule has 0 aliphatic rings. The van der Waals surface area contributed by atoms with Gasteiger partial charge in [0.2, 0.25) is 5.91 Å². The highest BCUT2D eigenvalue weighted by Gasteiger charge is 2.27. The highest BCUT2D eigenvalue weighted by molar-refractivity contribution is 9.10. The second-order valence-corrected chi connectivity index (χ2v) is 7.23. The third-order valence-corrected chi connectivity index (χ3v) is 2.38. The molecule has 0 saturated carbocycles. The van der Waals surface area contributed by atoms with Crippen molar-refractivity contribution in [2.24, 2.45) is 5.92 Å². The predicted octanol–water partition coefficient (Wildman–Crippen LogP) is 2.07. The van der Waals surface area contributed by atoms with Gasteiger partial charge in [-0.15, -0.1) is 0 Å². The zero-order valence-corrected chi connectivity index (χ0v) is 11.8. The summed E-state index contributed by atoms with van der Waals surface area (Å²) in [6.45, 7) is 9.68. The van der Waals surface area contributed by atoms with Gasteiger partial charge in [0, 0.05) is 6.54 Å². The fourth-order valence-electron chi connectivity index (χ4n) is 1.43. The average molecular weight is 280 g/mol. The van der Waals surface area contributed by atoms with Crippen LogP contribution in [0.1, 0.15) is 41.0 Å². The number of rotatable bonds is 5. The first-order valence-electron chi connectivity index (χ1n) is 5.24. The van der Waals surface area contributed by atoms with Crippen LogP contribution >= 0.6 is 15.9 Å². The summed E-state index contributed by atoms with van der Waals surface area (Å²) in [6.07, 6.45) is 0.677. The van der Waals surface area contributed by atoms with Gasteiger partial charge in [0.15, 0.2) is 0 Å². The summed E-state index contributed by atoms with van der Waals surface area (Å²) in [7, 11) is 0. The summed E-state index contributed by atoms with van der Waals surface area (Å²) in [5.74, 6) is 0.306. The summed E-state index contributed by atoms with van der Waals surface area (Å²) in [5, 5.41) is 12.7. The molecule has 4 heteroatoms. The lowest BCUT2D eigenvalue weighted by Gasteiger charge is -2.27. The highest BCUT2D eigenvalue weighted by Crippen LogP contribution is 2.18. The van der Waals surface area contributed by atoms with E-state index in [-0.39, 0.29) is 5.91 Å². The van der Waals surface area contributed by atoms with Crippen molar-refractivity contribution in [2.75, 3.05) is 6.54 Å². The molecule has 1 atom stereocenters. The molecular formula is C11H22BrNO2. The van der Waals surface area contributed by atoms with E-state index in [9.17, 15) is 9.90 Å². The average Bonchev–Trinajstić information content (AvgIpc) is 1.95. The summed E-state index contributed by atoms with van der Waals surface area (Å²) < 4.78 is -0.582. The van der Waals surface area contributed by atoms with Gasteiger partial charge in [0.25, 0.3) is 0 Å². The lowest BCUT2D eigenvalue weighted by molar-refractivity contribution is -0.123. The molecule has 0 aliphatic carbocycles. The highest BCUT2D eigenvalue weighted by atomic mass is 79.9. The topological polar surface area (TPSA) is 49.3 Å². The Labute approximate surface area is 101 Å². The van der Waals surface area contributed by atoms with Gasteiger partial charge >= 0.3 is 0 Å². The second kappa shape index (κ2) is 5.30. The number of carbonyl (C=O) groups is 1. The van der Waals surface area contributed by atoms with Gasteiger partial charge in [-0.25, -0.2) is 0 Å². The van der Waals surface area contributed by atoms with Crippen molar-refractivity contribution in [3.05, 3.63) is 0 Å². The Balaban J connectivity index is 4.10. The number of hydrogen-bond donors (Lipinski definition) is 2. The lowest BCUT2D eigenvalue weighted by Crippen LogP contribution is -2.46. The number of amides is 1. The Hall–Kier alpha value is -0.0900. The first-order chi connectivity index (χ1) is 6.54. The minimum Gasteiger partial charge on any atom is -0.388 e.